The predicted octanol–water partition coefficient (Wildman–Crippen LogP) is 10.5. The molecule has 5 aromatic carbocycles. The highest BCUT2D eigenvalue weighted by molar-refractivity contribution is 9.10. The normalized spacial score (nSPS) is 12.1. The van der Waals surface area contributed by atoms with Crippen molar-refractivity contribution < 1.29 is 42.1 Å². The van der Waals surface area contributed by atoms with Crippen molar-refractivity contribution in [3.63, 3.8) is 0 Å². The third kappa shape index (κ3) is 13.5. The Kier molecular flexibility index (Phi) is 16.4. The predicted molar refractivity (Wildman–Crippen MR) is 279 cm³/mol. The van der Waals surface area contributed by atoms with E-state index in [0.717, 1.165) is 46.1 Å². The number of aromatic nitrogens is 2. The van der Waals surface area contributed by atoms with Crippen LogP contribution in [0.25, 0.3) is 20.5 Å². The lowest BCUT2D eigenvalue weighted by Crippen LogP contribution is -2.44. The number of phenols is 2. The van der Waals surface area contributed by atoms with Gasteiger partial charge in [-0.25, -0.2) is 22.5 Å². The quantitative estimate of drug-likeness (QED) is 0.0329. The number of nitrogens with zero attached hydrogens (tertiary/aromatic N) is 3. The minimum Gasteiger partial charge on any atom is -0.508 e. The van der Waals surface area contributed by atoms with Crippen molar-refractivity contribution in [2.75, 3.05) is 43.5 Å². The van der Waals surface area contributed by atoms with Gasteiger partial charge < -0.3 is 41.0 Å². The Morgan fingerprint density at radius 1 is 0.859 bits per heavy atom. The summed E-state index contributed by atoms with van der Waals surface area (Å²) in [6.45, 7) is 12.7. The first-order valence-electron chi connectivity index (χ1n) is 22.7. The molecule has 2 aromatic heterocycles. The molecule has 0 unspecified atom stereocenters. The van der Waals surface area contributed by atoms with Gasteiger partial charge in [-0.1, -0.05) is 13.0 Å². The smallest absolute Gasteiger partial charge is 0.253 e. The third-order valence-electron chi connectivity index (χ3n) is 11.6. The minimum atomic E-state index is -3.92. The van der Waals surface area contributed by atoms with Gasteiger partial charge in [0.15, 0.2) is 5.78 Å². The van der Waals surface area contributed by atoms with Crippen LogP contribution in [0, 0.1) is 5.82 Å². The fourth-order valence-corrected chi connectivity index (χ4v) is 10.6. The molecular weight excluding hydrogens is 1010 g/mol. The van der Waals surface area contributed by atoms with Gasteiger partial charge >= 0.3 is 0 Å². The summed E-state index contributed by atoms with van der Waals surface area (Å²) in [5.41, 5.74) is 6.19. The first-order valence-corrected chi connectivity index (χ1v) is 25.8. The number of ketones is 1. The first kappa shape index (κ1) is 52.3. The number of benzene rings is 5. The molecular formula is C52H55BrFN7O8S2. The van der Waals surface area contributed by atoms with Crippen molar-refractivity contribution in [3.05, 3.63) is 142 Å². The van der Waals surface area contributed by atoms with Gasteiger partial charge in [0, 0.05) is 63.2 Å². The molecule has 0 atom stereocenters. The van der Waals surface area contributed by atoms with Crippen LogP contribution in [0.1, 0.15) is 73.7 Å². The Morgan fingerprint density at radius 2 is 1.56 bits per heavy atom. The number of carbonyl (C=O) groups is 2. The number of rotatable bonds is 23. The highest BCUT2D eigenvalue weighted by Gasteiger charge is 2.29. The Bertz CT molecular complexity index is 3140. The van der Waals surface area contributed by atoms with E-state index in [1.165, 1.54) is 41.8 Å². The summed E-state index contributed by atoms with van der Waals surface area (Å²) >= 11 is 4.77. The van der Waals surface area contributed by atoms with Crippen LogP contribution in [0.3, 0.4) is 0 Å². The lowest BCUT2D eigenvalue weighted by molar-refractivity contribution is -0.0351. The van der Waals surface area contributed by atoms with Gasteiger partial charge in [-0.15, -0.1) is 11.3 Å². The molecule has 15 nitrogen and oxygen atoms in total. The van der Waals surface area contributed by atoms with Crippen molar-refractivity contribution >= 4 is 82.2 Å². The van der Waals surface area contributed by atoms with E-state index in [-0.39, 0.29) is 45.2 Å². The van der Waals surface area contributed by atoms with Crippen molar-refractivity contribution in [2.45, 2.75) is 63.5 Å². The number of fused-ring (bicyclic) bond motifs is 1. The monoisotopic (exact) mass is 1070 g/mol. The van der Waals surface area contributed by atoms with Gasteiger partial charge in [-0.05, 0) is 172 Å². The van der Waals surface area contributed by atoms with Gasteiger partial charge in [-0.2, -0.15) is 4.98 Å². The fraction of sp³-hybridized carbons (Fsp3) is 0.269. The van der Waals surface area contributed by atoms with Gasteiger partial charge in [0.25, 0.3) is 5.91 Å². The second kappa shape index (κ2) is 22.3. The fourth-order valence-electron chi connectivity index (χ4n) is 7.62. The number of hydrogen-bond donors (Lipinski definition) is 6. The van der Waals surface area contributed by atoms with E-state index in [1.54, 1.807) is 78.9 Å². The van der Waals surface area contributed by atoms with E-state index in [2.05, 4.69) is 53.1 Å². The van der Waals surface area contributed by atoms with E-state index in [4.69, 9.17) is 15.2 Å². The summed E-state index contributed by atoms with van der Waals surface area (Å²) < 4.78 is 57.8. The van der Waals surface area contributed by atoms with E-state index in [0.29, 0.717) is 53.2 Å². The van der Waals surface area contributed by atoms with Crippen LogP contribution in [0.5, 0.6) is 17.2 Å². The van der Waals surface area contributed by atoms with Crippen molar-refractivity contribution in [1.29, 1.82) is 0 Å². The number of primary amides is 1. The van der Waals surface area contributed by atoms with Gasteiger partial charge in [0.1, 0.15) is 35.5 Å². The number of carbonyl (C=O) groups excluding carboxylic acids is 2. The molecule has 0 aliphatic rings. The average molecular weight is 1070 g/mol. The molecule has 0 radical (unpaired) electrons. The van der Waals surface area contributed by atoms with Crippen LogP contribution >= 0.6 is 27.3 Å². The zero-order chi connectivity index (χ0) is 51.1. The summed E-state index contributed by atoms with van der Waals surface area (Å²) in [7, 11) is -3.92. The number of amides is 1. The topological polar surface area (TPSA) is 218 Å². The largest absolute Gasteiger partial charge is 0.508 e. The number of likely N-dealkylation sites (N-methyl/N-ethyl adjacent to an activating group) is 1. The molecule has 372 valence electrons. The lowest BCUT2D eigenvalue weighted by atomic mass is 9.97. The van der Waals surface area contributed by atoms with Crippen LogP contribution in [0.15, 0.2) is 125 Å². The maximum Gasteiger partial charge on any atom is 0.253 e. The van der Waals surface area contributed by atoms with Crippen molar-refractivity contribution in [3.8, 4) is 27.7 Å². The molecule has 0 aliphatic heterocycles. The van der Waals surface area contributed by atoms with Crippen molar-refractivity contribution in [2.24, 2.45) is 5.73 Å². The summed E-state index contributed by atoms with van der Waals surface area (Å²) in [5.74, 6) is -0.625. The number of nitrogens with two attached hydrogens (primary N) is 1. The number of halogens is 2. The number of aromatic hydroxyl groups is 2. The molecule has 0 saturated carbocycles. The maximum absolute atomic E-state index is 14.3. The molecule has 1 amide bonds. The molecule has 0 aliphatic carbocycles. The van der Waals surface area contributed by atoms with Gasteiger partial charge in [0.2, 0.25) is 16.0 Å². The molecule has 0 bridgehead atoms. The highest BCUT2D eigenvalue weighted by atomic mass is 79.9. The van der Waals surface area contributed by atoms with Gasteiger partial charge in [0.05, 0.1) is 26.2 Å². The van der Waals surface area contributed by atoms with Crippen LogP contribution in [-0.4, -0.2) is 89.2 Å². The molecule has 7 N–H and O–H groups in total. The Hall–Kier alpha value is -6.48. The number of nitrogens with one attached hydrogen (secondary N) is 3. The summed E-state index contributed by atoms with van der Waals surface area (Å²) in [6.07, 6.45) is 2.59. The number of anilines is 4. The summed E-state index contributed by atoms with van der Waals surface area (Å²) in [6, 6.07) is 28.9. The molecule has 19 heteroatoms. The molecule has 7 rings (SSSR count). The lowest BCUT2D eigenvalue weighted by Gasteiger charge is -2.31. The van der Waals surface area contributed by atoms with Crippen LogP contribution in [0.2, 0.25) is 0 Å². The Morgan fingerprint density at radius 3 is 2.25 bits per heavy atom. The molecule has 0 spiro atoms. The number of sulfonamides is 1. The molecule has 0 saturated heterocycles. The first-order chi connectivity index (χ1) is 33.7. The van der Waals surface area contributed by atoms with E-state index < -0.39 is 32.9 Å². The standard InChI is InChI=1S/C52H55BrFN7O8S2/c1-6-61(27-29-68-37-19-12-32(13-20-37)46(64)44-39-23-18-36(63)30-43(39)70-47(44)33-10-16-35(62)17-11-33)26-24-52(4,5)69-28-25-51(2,3)60-71(66,67)38-21-14-34(15-22-38)57-50-56-31-40(53)49(59-50)58-42-9-7-8-41(54)45(42)48(55)65/h7-23,30-31,60,62-63H,6,24-29H2,1-5H3,(H2,55,65)(H2,56,57,58,59). The maximum atomic E-state index is 14.3. The number of ether oxygens (including phenoxy) is 2. The Balaban J connectivity index is 0.857. The SMILES string of the molecule is CCN(CCOc1ccc(C(=O)c2c(-c3ccc(O)cc3)sc3cc(O)ccc23)cc1)CCC(C)(C)OCCC(C)(C)NS(=O)(=O)c1ccc(Nc2ncc(Br)c(Nc3cccc(F)c3C(N)=O)n2)cc1. The molecule has 2 heterocycles. The van der Waals surface area contributed by atoms with Crippen LogP contribution in [-0.2, 0) is 14.8 Å². The minimum absolute atomic E-state index is 0.0599. The second-order valence-corrected chi connectivity index (χ2v) is 21.5. The van der Waals surface area contributed by atoms with E-state index in [9.17, 15) is 32.6 Å². The molecule has 7 aromatic rings. The zero-order valence-corrected chi connectivity index (χ0v) is 43.0. The molecule has 71 heavy (non-hydrogen) atoms. The van der Waals surface area contributed by atoms with Crippen LogP contribution < -0.4 is 25.8 Å². The van der Waals surface area contributed by atoms with E-state index in [1.807, 2.05) is 27.7 Å². The molecule has 0 fully saturated rings. The number of phenolic OH excluding ortho intramolecular Hbond substituents is 2. The number of hydrogen-bond acceptors (Lipinski definition) is 14. The summed E-state index contributed by atoms with van der Waals surface area (Å²) in [5, 5.41) is 26.7. The highest BCUT2D eigenvalue weighted by Crippen LogP contribution is 2.42. The Labute approximate surface area is 424 Å². The average Bonchev–Trinajstić information content (AvgIpc) is 3.69. The zero-order valence-electron chi connectivity index (χ0n) is 39.8. The number of thiophene rings is 1. The third-order valence-corrected chi connectivity index (χ3v) is 15.1. The summed E-state index contributed by atoms with van der Waals surface area (Å²) in [4.78, 5) is 37.6. The van der Waals surface area contributed by atoms with Crippen molar-refractivity contribution in [1.82, 2.24) is 19.6 Å². The van der Waals surface area contributed by atoms with Gasteiger partial charge in [-0.3, -0.25) is 9.59 Å². The second-order valence-electron chi connectivity index (χ2n) is 18.0. The van der Waals surface area contributed by atoms with Crippen LogP contribution in [0.4, 0.5) is 27.5 Å². The van der Waals surface area contributed by atoms with E-state index >= 15 is 0 Å².